The third-order valence-corrected chi connectivity index (χ3v) is 3.16. The van der Waals surface area contributed by atoms with Crippen molar-refractivity contribution in [2.24, 2.45) is 0 Å². The van der Waals surface area contributed by atoms with Gasteiger partial charge >= 0.3 is 6.09 Å². The minimum atomic E-state index is -0.509. The number of aromatic amines is 1. The second-order valence-electron chi connectivity index (χ2n) is 7.30. The van der Waals surface area contributed by atoms with Gasteiger partial charge in [-0.1, -0.05) is 30.3 Å². The van der Waals surface area contributed by atoms with Crippen molar-refractivity contribution >= 4 is 6.09 Å². The van der Waals surface area contributed by atoms with E-state index in [1.807, 2.05) is 71.1 Å². The topological polar surface area (TPSA) is 67.0 Å². The fourth-order valence-electron chi connectivity index (χ4n) is 2.26. The molecule has 0 bridgehead atoms. The summed E-state index contributed by atoms with van der Waals surface area (Å²) in [5, 5.41) is 2.89. The van der Waals surface area contributed by atoms with Crippen LogP contribution in [0.2, 0.25) is 0 Å². The Morgan fingerprint density at radius 2 is 1.83 bits per heavy atom. The summed E-state index contributed by atoms with van der Waals surface area (Å²) < 4.78 is 5.31. The molecule has 0 saturated carbocycles. The molecule has 1 aromatic carbocycles. The van der Waals surface area contributed by atoms with Crippen LogP contribution in [0.5, 0.6) is 0 Å². The van der Waals surface area contributed by atoms with Gasteiger partial charge in [-0.25, -0.2) is 9.78 Å². The molecule has 2 N–H and O–H groups in total. The Morgan fingerprint density at radius 1 is 1.17 bits per heavy atom. The van der Waals surface area contributed by atoms with E-state index in [9.17, 15) is 4.79 Å². The summed E-state index contributed by atoms with van der Waals surface area (Å²) in [5.41, 5.74) is 1.08. The maximum atomic E-state index is 11.9. The minimum Gasteiger partial charge on any atom is -0.444 e. The molecule has 0 atom stereocenters. The molecule has 5 nitrogen and oxygen atoms in total. The monoisotopic (exact) mass is 315 g/mol. The molecule has 0 aliphatic rings. The second-order valence-corrected chi connectivity index (χ2v) is 7.30. The van der Waals surface area contributed by atoms with Crippen LogP contribution in [-0.4, -0.2) is 27.2 Å². The van der Waals surface area contributed by atoms with Crippen molar-refractivity contribution in [2.45, 2.75) is 52.2 Å². The maximum Gasteiger partial charge on any atom is 0.408 e. The number of aromatic nitrogens is 2. The highest BCUT2D eigenvalue weighted by molar-refractivity contribution is 5.68. The zero-order valence-corrected chi connectivity index (χ0v) is 14.4. The summed E-state index contributed by atoms with van der Waals surface area (Å²) in [5.74, 6) is 0.824. The number of hydrogen-bond donors (Lipinski definition) is 2. The first kappa shape index (κ1) is 17.1. The first-order valence-electron chi connectivity index (χ1n) is 7.75. The number of alkyl carbamates (subject to hydrolysis) is 1. The largest absolute Gasteiger partial charge is 0.444 e. The summed E-state index contributed by atoms with van der Waals surface area (Å²) in [6.45, 7) is 9.43. The molecule has 0 unspecified atom stereocenters. The molecule has 23 heavy (non-hydrogen) atoms. The van der Waals surface area contributed by atoms with Crippen molar-refractivity contribution in [1.29, 1.82) is 0 Å². The molecule has 2 aromatic rings. The van der Waals surface area contributed by atoms with Crippen molar-refractivity contribution in [3.05, 3.63) is 42.4 Å². The number of amides is 1. The Labute approximate surface area is 137 Å². The number of rotatable bonds is 4. The van der Waals surface area contributed by atoms with Crippen molar-refractivity contribution < 1.29 is 9.53 Å². The Bertz CT molecular complexity index is 654. The van der Waals surface area contributed by atoms with E-state index in [4.69, 9.17) is 4.74 Å². The smallest absolute Gasteiger partial charge is 0.408 e. The Kier molecular flexibility index (Phi) is 4.78. The normalized spacial score (nSPS) is 12.0. The van der Waals surface area contributed by atoms with Crippen molar-refractivity contribution in [1.82, 2.24) is 15.3 Å². The number of benzene rings is 1. The SMILES string of the molecule is CC(C)(Cc1ncc(-c2ccccc2)[nH]1)NC(=O)OC(C)(C)C. The minimum absolute atomic E-state index is 0.419. The molecule has 1 heterocycles. The number of carbonyl (C=O) groups is 1. The van der Waals surface area contributed by atoms with Gasteiger partial charge in [0.15, 0.2) is 0 Å². The highest BCUT2D eigenvalue weighted by Crippen LogP contribution is 2.18. The van der Waals surface area contributed by atoms with Crippen LogP contribution in [-0.2, 0) is 11.2 Å². The van der Waals surface area contributed by atoms with Crippen molar-refractivity contribution in [3.8, 4) is 11.3 Å². The Balaban J connectivity index is 2.01. The van der Waals surface area contributed by atoms with Crippen LogP contribution in [0.3, 0.4) is 0 Å². The van der Waals surface area contributed by atoms with Gasteiger partial charge in [0.05, 0.1) is 11.9 Å². The highest BCUT2D eigenvalue weighted by atomic mass is 16.6. The summed E-state index contributed by atoms with van der Waals surface area (Å²) in [6.07, 6.45) is 1.98. The van der Waals surface area contributed by atoms with Gasteiger partial charge in [-0.2, -0.15) is 0 Å². The zero-order chi connectivity index (χ0) is 17.1. The quantitative estimate of drug-likeness (QED) is 0.898. The van der Waals surface area contributed by atoms with E-state index in [2.05, 4.69) is 15.3 Å². The van der Waals surface area contributed by atoms with E-state index in [1.165, 1.54) is 0 Å². The van der Waals surface area contributed by atoms with E-state index in [1.54, 1.807) is 0 Å². The molecule has 0 spiro atoms. The van der Waals surface area contributed by atoms with Crippen molar-refractivity contribution in [3.63, 3.8) is 0 Å². The number of H-pyrrole nitrogens is 1. The summed E-state index contributed by atoms with van der Waals surface area (Å²) in [7, 11) is 0. The lowest BCUT2D eigenvalue weighted by Crippen LogP contribution is -2.47. The van der Waals surface area contributed by atoms with Gasteiger partial charge in [0.2, 0.25) is 0 Å². The molecule has 0 radical (unpaired) electrons. The molecule has 0 fully saturated rings. The fourth-order valence-corrected chi connectivity index (χ4v) is 2.26. The zero-order valence-electron chi connectivity index (χ0n) is 14.4. The molecule has 124 valence electrons. The predicted octanol–water partition coefficient (Wildman–Crippen LogP) is 3.92. The third kappa shape index (κ3) is 5.43. The Morgan fingerprint density at radius 3 is 2.43 bits per heavy atom. The lowest BCUT2D eigenvalue weighted by atomic mass is 10.0. The number of ether oxygens (including phenoxy) is 1. The van der Waals surface area contributed by atoms with E-state index in [0.717, 1.165) is 17.1 Å². The highest BCUT2D eigenvalue weighted by Gasteiger charge is 2.25. The molecular weight excluding hydrogens is 290 g/mol. The lowest BCUT2D eigenvalue weighted by Gasteiger charge is -2.28. The van der Waals surface area contributed by atoms with Gasteiger partial charge in [0.1, 0.15) is 11.4 Å². The van der Waals surface area contributed by atoms with Gasteiger partial charge in [-0.3, -0.25) is 0 Å². The van der Waals surface area contributed by atoms with E-state index in [0.29, 0.717) is 6.42 Å². The summed E-state index contributed by atoms with van der Waals surface area (Å²) >= 11 is 0. The third-order valence-electron chi connectivity index (χ3n) is 3.16. The van der Waals surface area contributed by atoms with Crippen LogP contribution in [0.4, 0.5) is 4.79 Å². The summed E-state index contributed by atoms with van der Waals surface area (Å²) in [4.78, 5) is 19.6. The van der Waals surface area contributed by atoms with Crippen LogP contribution < -0.4 is 5.32 Å². The molecule has 1 amide bonds. The molecule has 1 aromatic heterocycles. The number of carbonyl (C=O) groups excluding carboxylic acids is 1. The molecule has 5 heteroatoms. The average Bonchev–Trinajstić information content (AvgIpc) is 2.84. The van der Waals surface area contributed by atoms with Gasteiger partial charge < -0.3 is 15.0 Å². The fraction of sp³-hybridized carbons (Fsp3) is 0.444. The predicted molar refractivity (Wildman–Crippen MR) is 91.2 cm³/mol. The lowest BCUT2D eigenvalue weighted by molar-refractivity contribution is 0.0472. The standard InChI is InChI=1S/C18H25N3O2/c1-17(2,3)23-16(22)21-18(4,5)11-15-19-12-14(20-15)13-9-7-6-8-10-13/h6-10,12H,11H2,1-5H3,(H,19,20)(H,21,22). The van der Waals surface area contributed by atoms with Gasteiger partial charge in [0.25, 0.3) is 0 Å². The number of hydrogen-bond acceptors (Lipinski definition) is 3. The van der Waals surface area contributed by atoms with Gasteiger partial charge in [0, 0.05) is 12.0 Å². The molecule has 0 aliphatic heterocycles. The van der Waals surface area contributed by atoms with E-state index >= 15 is 0 Å². The van der Waals surface area contributed by atoms with E-state index < -0.39 is 17.2 Å². The van der Waals surface area contributed by atoms with Crippen LogP contribution >= 0.6 is 0 Å². The number of nitrogens with one attached hydrogen (secondary N) is 2. The molecule has 0 aliphatic carbocycles. The van der Waals surface area contributed by atoms with Crippen LogP contribution in [0, 0.1) is 0 Å². The number of imidazole rings is 1. The second kappa shape index (κ2) is 6.44. The van der Waals surface area contributed by atoms with Crippen LogP contribution in [0.15, 0.2) is 36.5 Å². The van der Waals surface area contributed by atoms with Crippen LogP contribution in [0.1, 0.15) is 40.4 Å². The molecular formula is C18H25N3O2. The first-order valence-corrected chi connectivity index (χ1v) is 7.75. The Hall–Kier alpha value is -2.30. The average molecular weight is 315 g/mol. The molecule has 0 saturated heterocycles. The van der Waals surface area contributed by atoms with Gasteiger partial charge in [-0.05, 0) is 40.2 Å². The van der Waals surface area contributed by atoms with E-state index in [-0.39, 0.29) is 0 Å². The van der Waals surface area contributed by atoms with Gasteiger partial charge in [-0.15, -0.1) is 0 Å². The molecule has 2 rings (SSSR count). The van der Waals surface area contributed by atoms with Crippen LogP contribution in [0.25, 0.3) is 11.3 Å². The van der Waals surface area contributed by atoms with Crippen molar-refractivity contribution in [2.75, 3.05) is 0 Å². The maximum absolute atomic E-state index is 11.9. The number of nitrogens with zero attached hydrogens (tertiary/aromatic N) is 1. The summed E-state index contributed by atoms with van der Waals surface area (Å²) in [6, 6.07) is 10.0. The first-order chi connectivity index (χ1) is 10.6.